The second-order valence-corrected chi connectivity index (χ2v) is 5.95. The molecule has 0 aliphatic rings. The molecule has 1 rings (SSSR count). The lowest BCUT2D eigenvalue weighted by Crippen LogP contribution is -2.57. The second kappa shape index (κ2) is 6.53. The van der Waals surface area contributed by atoms with Crippen LogP contribution in [0.4, 0.5) is 0 Å². The van der Waals surface area contributed by atoms with Gasteiger partial charge >= 0.3 is 0 Å². The molecule has 0 heterocycles. The van der Waals surface area contributed by atoms with Crippen molar-refractivity contribution in [2.75, 3.05) is 14.1 Å². The molecule has 0 amide bonds. The van der Waals surface area contributed by atoms with Crippen molar-refractivity contribution in [3.05, 3.63) is 34.9 Å². The molecule has 0 fully saturated rings. The summed E-state index contributed by atoms with van der Waals surface area (Å²) < 4.78 is 0. The van der Waals surface area contributed by atoms with Gasteiger partial charge in [-0.25, -0.2) is 0 Å². The normalized spacial score (nSPS) is 13.9. The summed E-state index contributed by atoms with van der Waals surface area (Å²) in [4.78, 5) is 2.31. The van der Waals surface area contributed by atoms with Crippen LogP contribution in [0.3, 0.4) is 0 Å². The Kier molecular flexibility index (Phi) is 5.57. The van der Waals surface area contributed by atoms with Gasteiger partial charge in [0.2, 0.25) is 0 Å². The Morgan fingerprint density at radius 1 is 1.16 bits per heavy atom. The smallest absolute Gasteiger partial charge is 0.0352 e. The van der Waals surface area contributed by atoms with Crippen molar-refractivity contribution in [1.29, 1.82) is 0 Å². The Morgan fingerprint density at radius 3 is 2.21 bits per heavy atom. The number of hydrogen-bond acceptors (Lipinski definition) is 2. The van der Waals surface area contributed by atoms with Crippen molar-refractivity contribution in [1.82, 2.24) is 4.90 Å². The summed E-state index contributed by atoms with van der Waals surface area (Å²) in [6.07, 6.45) is 3.12. The third-order valence-electron chi connectivity index (χ3n) is 4.75. The third-order valence-corrected chi connectivity index (χ3v) is 4.75. The van der Waals surface area contributed by atoms with E-state index in [-0.39, 0.29) is 11.6 Å². The number of rotatable bonds is 6. The average Bonchev–Trinajstić information content (AvgIpc) is 2.35. The molecule has 0 aliphatic carbocycles. The first-order valence-electron chi connectivity index (χ1n) is 7.36. The first-order chi connectivity index (χ1) is 8.87. The van der Waals surface area contributed by atoms with Crippen molar-refractivity contribution in [2.45, 2.75) is 58.5 Å². The monoisotopic (exact) mass is 262 g/mol. The molecule has 1 aromatic carbocycles. The standard InChI is InChI=1S/C17H30N2/c1-7-17(8-2,19(5)6)16(18)12-15-11-13(3)9-10-14(15)4/h9-11,16H,7-8,12,18H2,1-6H3. The van der Waals surface area contributed by atoms with Crippen LogP contribution in [-0.2, 0) is 6.42 Å². The summed E-state index contributed by atoms with van der Waals surface area (Å²) in [5, 5.41) is 0. The maximum atomic E-state index is 6.58. The van der Waals surface area contributed by atoms with Gasteiger partial charge in [0.05, 0.1) is 0 Å². The molecule has 1 aromatic rings. The van der Waals surface area contributed by atoms with Crippen molar-refractivity contribution < 1.29 is 0 Å². The number of nitrogens with zero attached hydrogens (tertiary/aromatic N) is 1. The highest BCUT2D eigenvalue weighted by Crippen LogP contribution is 2.27. The predicted molar refractivity (Wildman–Crippen MR) is 84.6 cm³/mol. The molecule has 0 aliphatic heterocycles. The van der Waals surface area contributed by atoms with Crippen molar-refractivity contribution in [2.24, 2.45) is 5.73 Å². The van der Waals surface area contributed by atoms with Crippen LogP contribution in [0, 0.1) is 13.8 Å². The number of aryl methyl sites for hydroxylation is 2. The van der Waals surface area contributed by atoms with E-state index in [1.54, 1.807) is 0 Å². The van der Waals surface area contributed by atoms with Gasteiger partial charge < -0.3 is 10.6 Å². The number of nitrogens with two attached hydrogens (primary N) is 1. The van der Waals surface area contributed by atoms with E-state index in [9.17, 15) is 0 Å². The molecular formula is C17H30N2. The Morgan fingerprint density at radius 2 is 1.74 bits per heavy atom. The zero-order chi connectivity index (χ0) is 14.6. The molecular weight excluding hydrogens is 232 g/mol. The molecule has 0 spiro atoms. The fraction of sp³-hybridized carbons (Fsp3) is 0.647. The van der Waals surface area contributed by atoms with Crippen LogP contribution in [0.5, 0.6) is 0 Å². The van der Waals surface area contributed by atoms with Gasteiger partial charge in [-0.1, -0.05) is 37.6 Å². The first kappa shape index (κ1) is 16.2. The number of benzene rings is 1. The first-order valence-corrected chi connectivity index (χ1v) is 7.36. The lowest BCUT2D eigenvalue weighted by Gasteiger charge is -2.43. The van der Waals surface area contributed by atoms with E-state index in [1.165, 1.54) is 16.7 Å². The molecule has 19 heavy (non-hydrogen) atoms. The van der Waals surface area contributed by atoms with Crippen LogP contribution in [-0.4, -0.2) is 30.6 Å². The van der Waals surface area contributed by atoms with Crippen molar-refractivity contribution in [3.8, 4) is 0 Å². The van der Waals surface area contributed by atoms with Crippen molar-refractivity contribution >= 4 is 0 Å². The Labute approximate surface area is 119 Å². The van der Waals surface area contributed by atoms with Gasteiger partial charge in [0, 0.05) is 11.6 Å². The van der Waals surface area contributed by atoms with E-state index in [1.807, 2.05) is 0 Å². The SMILES string of the molecule is CCC(CC)(C(N)Cc1cc(C)ccc1C)N(C)C. The maximum absolute atomic E-state index is 6.58. The molecule has 0 saturated heterocycles. The highest BCUT2D eigenvalue weighted by atomic mass is 15.2. The summed E-state index contributed by atoms with van der Waals surface area (Å²) >= 11 is 0. The lowest BCUT2D eigenvalue weighted by molar-refractivity contribution is 0.105. The minimum Gasteiger partial charge on any atom is -0.326 e. The van der Waals surface area contributed by atoms with Crippen molar-refractivity contribution in [3.63, 3.8) is 0 Å². The van der Waals surface area contributed by atoms with Gasteiger partial charge in [0.25, 0.3) is 0 Å². The van der Waals surface area contributed by atoms with Crippen LogP contribution < -0.4 is 5.73 Å². The molecule has 1 unspecified atom stereocenters. The topological polar surface area (TPSA) is 29.3 Å². The fourth-order valence-electron chi connectivity index (χ4n) is 3.19. The molecule has 2 N–H and O–H groups in total. The number of hydrogen-bond donors (Lipinski definition) is 1. The molecule has 108 valence electrons. The van der Waals surface area contributed by atoms with E-state index >= 15 is 0 Å². The Bertz CT molecular complexity index is 406. The van der Waals surface area contributed by atoms with Gasteiger partial charge in [-0.3, -0.25) is 0 Å². The van der Waals surface area contributed by atoms with Gasteiger partial charge in [-0.05, 0) is 58.3 Å². The van der Waals surface area contributed by atoms with Crippen LogP contribution in [0.15, 0.2) is 18.2 Å². The zero-order valence-electron chi connectivity index (χ0n) is 13.5. The van der Waals surface area contributed by atoms with E-state index in [4.69, 9.17) is 5.73 Å². The Hall–Kier alpha value is -0.860. The summed E-state index contributed by atoms with van der Waals surface area (Å²) in [5.41, 5.74) is 10.7. The molecule has 1 atom stereocenters. The maximum Gasteiger partial charge on any atom is 0.0352 e. The van der Waals surface area contributed by atoms with E-state index in [2.05, 4.69) is 64.9 Å². The van der Waals surface area contributed by atoms with Gasteiger partial charge in [0.1, 0.15) is 0 Å². The minimum atomic E-state index is 0.0934. The van der Waals surface area contributed by atoms with Crippen LogP contribution in [0.1, 0.15) is 43.4 Å². The average molecular weight is 262 g/mol. The van der Waals surface area contributed by atoms with Crippen LogP contribution in [0.2, 0.25) is 0 Å². The van der Waals surface area contributed by atoms with Gasteiger partial charge in [-0.2, -0.15) is 0 Å². The van der Waals surface area contributed by atoms with Gasteiger partial charge in [0.15, 0.2) is 0 Å². The quantitative estimate of drug-likeness (QED) is 0.852. The summed E-state index contributed by atoms with van der Waals surface area (Å²) in [7, 11) is 4.30. The molecule has 2 nitrogen and oxygen atoms in total. The van der Waals surface area contributed by atoms with Crippen LogP contribution >= 0.6 is 0 Å². The number of likely N-dealkylation sites (N-methyl/N-ethyl adjacent to an activating group) is 1. The fourth-order valence-corrected chi connectivity index (χ4v) is 3.19. The lowest BCUT2D eigenvalue weighted by atomic mass is 9.80. The highest BCUT2D eigenvalue weighted by Gasteiger charge is 2.35. The molecule has 2 heteroatoms. The van der Waals surface area contributed by atoms with E-state index in [0.29, 0.717) is 0 Å². The largest absolute Gasteiger partial charge is 0.326 e. The highest BCUT2D eigenvalue weighted by molar-refractivity contribution is 5.31. The van der Waals surface area contributed by atoms with Gasteiger partial charge in [-0.15, -0.1) is 0 Å². The zero-order valence-corrected chi connectivity index (χ0v) is 13.5. The van der Waals surface area contributed by atoms with Crippen LogP contribution in [0.25, 0.3) is 0 Å². The van der Waals surface area contributed by atoms with E-state index < -0.39 is 0 Å². The molecule has 0 saturated carbocycles. The molecule has 0 aromatic heterocycles. The van der Waals surface area contributed by atoms with E-state index in [0.717, 1.165) is 19.3 Å². The Balaban J connectivity index is 2.99. The summed E-state index contributed by atoms with van der Waals surface area (Å²) in [5.74, 6) is 0. The molecule has 0 bridgehead atoms. The third kappa shape index (κ3) is 3.37. The summed E-state index contributed by atoms with van der Waals surface area (Å²) in [6.45, 7) is 8.81. The minimum absolute atomic E-state index is 0.0934. The second-order valence-electron chi connectivity index (χ2n) is 5.95. The summed E-state index contributed by atoms with van der Waals surface area (Å²) in [6, 6.07) is 6.81. The predicted octanol–water partition coefficient (Wildman–Crippen LogP) is 3.29. The molecule has 0 radical (unpaired) electrons.